The molecule has 1 saturated carbocycles. The third-order valence-corrected chi connectivity index (χ3v) is 5.89. The quantitative estimate of drug-likeness (QED) is 0.681. The number of hydrogen-bond donors (Lipinski definition) is 2. The van der Waals surface area contributed by atoms with Gasteiger partial charge in [-0.15, -0.1) is 0 Å². The number of alkyl carbamates (subject to hydrolysis) is 1. The number of benzene rings is 2. The van der Waals surface area contributed by atoms with Gasteiger partial charge in [-0.05, 0) is 35.1 Å². The maximum absolute atomic E-state index is 12.6. The van der Waals surface area contributed by atoms with E-state index in [1.54, 1.807) is 6.92 Å². The predicted octanol–water partition coefficient (Wildman–Crippen LogP) is 3.24. The van der Waals surface area contributed by atoms with E-state index in [9.17, 15) is 14.4 Å². The molecular weight excluding hydrogens is 396 g/mol. The second-order valence-electron chi connectivity index (χ2n) is 8.20. The molecule has 4 rings (SSSR count). The van der Waals surface area contributed by atoms with E-state index in [-0.39, 0.29) is 37.6 Å². The third kappa shape index (κ3) is 4.55. The molecule has 0 saturated heterocycles. The van der Waals surface area contributed by atoms with Crippen molar-refractivity contribution >= 4 is 18.0 Å². The topological polar surface area (TPSA) is 95.9 Å². The zero-order valence-corrected chi connectivity index (χ0v) is 17.4. The maximum Gasteiger partial charge on any atom is 0.407 e. The van der Waals surface area contributed by atoms with Crippen molar-refractivity contribution in [2.75, 3.05) is 19.7 Å². The highest BCUT2D eigenvalue weighted by Gasteiger charge is 2.36. The van der Waals surface area contributed by atoms with Crippen LogP contribution in [-0.4, -0.2) is 53.7 Å². The summed E-state index contributed by atoms with van der Waals surface area (Å²) < 4.78 is 5.49. The van der Waals surface area contributed by atoms with Gasteiger partial charge in [0.25, 0.3) is 0 Å². The fraction of sp³-hybridized carbons (Fsp3) is 0.375. The van der Waals surface area contributed by atoms with Gasteiger partial charge in [0.15, 0.2) is 0 Å². The molecule has 2 aromatic carbocycles. The highest BCUT2D eigenvalue weighted by atomic mass is 16.5. The lowest BCUT2D eigenvalue weighted by Crippen LogP contribution is -2.44. The average Bonchev–Trinajstić information content (AvgIpc) is 3.56. The summed E-state index contributed by atoms with van der Waals surface area (Å²) in [5.74, 6) is -1.85. The molecule has 0 bridgehead atoms. The molecule has 0 spiro atoms. The number of fused-ring (bicyclic) bond motifs is 3. The number of carbonyl (C=O) groups is 3. The standard InChI is InChI=1S/C24H26N2O5/c1-15(23(29)26(13-22(27)28)16-10-11-16)12-25-24(30)31-14-21-19-8-4-2-6-17(19)18-7-3-5-9-20(18)21/h2-9,15-16,21H,10-14H2,1H3,(H,25,30)(H,27,28). The highest BCUT2D eigenvalue weighted by molar-refractivity contribution is 5.84. The first-order chi connectivity index (χ1) is 15.0. The van der Waals surface area contributed by atoms with Crippen LogP contribution in [-0.2, 0) is 14.3 Å². The Labute approximate surface area is 181 Å². The van der Waals surface area contributed by atoms with Crippen LogP contribution in [0.3, 0.4) is 0 Å². The van der Waals surface area contributed by atoms with Crippen molar-refractivity contribution in [3.05, 3.63) is 59.7 Å². The summed E-state index contributed by atoms with van der Waals surface area (Å²) in [5.41, 5.74) is 4.58. The second kappa shape index (κ2) is 8.79. The SMILES string of the molecule is CC(CNC(=O)OCC1c2ccccc2-c2ccccc21)C(=O)N(CC(=O)O)C1CC1. The Balaban J connectivity index is 1.32. The van der Waals surface area contributed by atoms with Crippen molar-refractivity contribution in [3.8, 4) is 11.1 Å². The number of nitrogens with zero attached hydrogens (tertiary/aromatic N) is 1. The Hall–Kier alpha value is -3.35. The van der Waals surface area contributed by atoms with Crippen LogP contribution in [0.5, 0.6) is 0 Å². The summed E-state index contributed by atoms with van der Waals surface area (Å²) in [6.45, 7) is 1.68. The molecule has 0 aliphatic heterocycles. The monoisotopic (exact) mass is 422 g/mol. The van der Waals surface area contributed by atoms with Crippen LogP contribution in [0.2, 0.25) is 0 Å². The number of aliphatic carboxylic acids is 1. The largest absolute Gasteiger partial charge is 0.480 e. The molecule has 31 heavy (non-hydrogen) atoms. The van der Waals surface area contributed by atoms with E-state index in [0.29, 0.717) is 0 Å². The second-order valence-corrected chi connectivity index (χ2v) is 8.20. The van der Waals surface area contributed by atoms with E-state index >= 15 is 0 Å². The Kier molecular flexibility index (Phi) is 5.93. The summed E-state index contributed by atoms with van der Waals surface area (Å²) in [5, 5.41) is 11.7. The van der Waals surface area contributed by atoms with Crippen molar-refractivity contribution < 1.29 is 24.2 Å². The van der Waals surface area contributed by atoms with Gasteiger partial charge in [-0.2, -0.15) is 0 Å². The molecule has 1 atom stereocenters. The van der Waals surface area contributed by atoms with Crippen LogP contribution >= 0.6 is 0 Å². The molecule has 2 aliphatic carbocycles. The van der Waals surface area contributed by atoms with Crippen LogP contribution in [0.15, 0.2) is 48.5 Å². The van der Waals surface area contributed by atoms with Crippen molar-refractivity contribution in [1.29, 1.82) is 0 Å². The lowest BCUT2D eigenvalue weighted by atomic mass is 9.98. The normalized spacial score (nSPS) is 15.5. The van der Waals surface area contributed by atoms with Gasteiger partial charge in [0, 0.05) is 18.5 Å². The molecule has 0 heterocycles. The summed E-state index contributed by atoms with van der Waals surface area (Å²) in [6, 6.07) is 16.2. The van der Waals surface area contributed by atoms with Crippen LogP contribution in [0, 0.1) is 5.92 Å². The minimum Gasteiger partial charge on any atom is -0.480 e. The summed E-state index contributed by atoms with van der Waals surface area (Å²) in [6.07, 6.45) is 1.06. The van der Waals surface area contributed by atoms with Gasteiger partial charge in [-0.3, -0.25) is 9.59 Å². The molecule has 7 heteroatoms. The zero-order valence-electron chi connectivity index (χ0n) is 17.4. The first kappa shape index (κ1) is 20.9. The molecule has 1 fully saturated rings. The number of rotatable bonds is 8. The van der Waals surface area contributed by atoms with E-state index < -0.39 is 18.0 Å². The molecule has 7 nitrogen and oxygen atoms in total. The molecule has 2 aromatic rings. The number of carboxylic acid groups (broad SMARTS) is 1. The molecule has 0 radical (unpaired) electrons. The van der Waals surface area contributed by atoms with E-state index in [4.69, 9.17) is 9.84 Å². The van der Waals surface area contributed by atoms with Gasteiger partial charge in [-0.25, -0.2) is 4.79 Å². The zero-order chi connectivity index (χ0) is 22.0. The summed E-state index contributed by atoms with van der Waals surface area (Å²) >= 11 is 0. The van der Waals surface area contributed by atoms with Crippen molar-refractivity contribution in [2.45, 2.75) is 31.7 Å². The van der Waals surface area contributed by atoms with Crippen LogP contribution < -0.4 is 5.32 Å². The Morgan fingerprint density at radius 2 is 1.65 bits per heavy atom. The van der Waals surface area contributed by atoms with Crippen LogP contribution in [0.4, 0.5) is 4.79 Å². The molecule has 162 valence electrons. The van der Waals surface area contributed by atoms with Crippen molar-refractivity contribution in [2.24, 2.45) is 5.92 Å². The molecule has 0 aromatic heterocycles. The molecule has 2 amide bonds. The average molecular weight is 422 g/mol. The van der Waals surface area contributed by atoms with E-state index in [1.165, 1.54) is 4.90 Å². The summed E-state index contributed by atoms with van der Waals surface area (Å²) in [7, 11) is 0. The number of carboxylic acids is 1. The number of nitrogens with one attached hydrogen (secondary N) is 1. The maximum atomic E-state index is 12.6. The lowest BCUT2D eigenvalue weighted by Gasteiger charge is -2.24. The highest BCUT2D eigenvalue weighted by Crippen LogP contribution is 2.44. The van der Waals surface area contributed by atoms with Gasteiger partial charge in [0.2, 0.25) is 5.91 Å². The Bertz CT molecular complexity index is 955. The van der Waals surface area contributed by atoms with Gasteiger partial charge < -0.3 is 20.1 Å². The Morgan fingerprint density at radius 1 is 1.06 bits per heavy atom. The van der Waals surface area contributed by atoms with E-state index in [2.05, 4.69) is 29.6 Å². The number of hydrogen-bond acceptors (Lipinski definition) is 4. The number of amides is 2. The Morgan fingerprint density at radius 3 is 2.19 bits per heavy atom. The molecule has 1 unspecified atom stereocenters. The van der Waals surface area contributed by atoms with Crippen molar-refractivity contribution in [1.82, 2.24) is 10.2 Å². The minimum absolute atomic E-state index is 0.000467. The minimum atomic E-state index is -1.03. The third-order valence-electron chi connectivity index (χ3n) is 5.89. The first-order valence-electron chi connectivity index (χ1n) is 10.6. The van der Waals surface area contributed by atoms with Gasteiger partial charge in [0.1, 0.15) is 13.2 Å². The molecular formula is C24H26N2O5. The van der Waals surface area contributed by atoms with Crippen LogP contribution in [0.1, 0.15) is 36.8 Å². The molecule has 2 N–H and O–H groups in total. The van der Waals surface area contributed by atoms with Gasteiger partial charge in [0.05, 0.1) is 5.92 Å². The molecule has 2 aliphatic rings. The van der Waals surface area contributed by atoms with Crippen LogP contribution in [0.25, 0.3) is 11.1 Å². The summed E-state index contributed by atoms with van der Waals surface area (Å²) in [4.78, 5) is 37.3. The lowest BCUT2D eigenvalue weighted by molar-refractivity contribution is -0.146. The predicted molar refractivity (Wildman–Crippen MR) is 115 cm³/mol. The van der Waals surface area contributed by atoms with Gasteiger partial charge in [-0.1, -0.05) is 55.5 Å². The fourth-order valence-corrected chi connectivity index (χ4v) is 4.18. The van der Waals surface area contributed by atoms with E-state index in [1.807, 2.05) is 24.3 Å². The van der Waals surface area contributed by atoms with Gasteiger partial charge >= 0.3 is 12.1 Å². The number of carbonyl (C=O) groups excluding carboxylic acids is 2. The smallest absolute Gasteiger partial charge is 0.407 e. The van der Waals surface area contributed by atoms with Crippen molar-refractivity contribution in [3.63, 3.8) is 0 Å². The fourth-order valence-electron chi connectivity index (χ4n) is 4.18. The first-order valence-corrected chi connectivity index (χ1v) is 10.6. The number of ether oxygens (including phenoxy) is 1. The van der Waals surface area contributed by atoms with E-state index in [0.717, 1.165) is 35.1 Å².